The van der Waals surface area contributed by atoms with Crippen LogP contribution in [0.2, 0.25) is 0 Å². The molecule has 1 atom stereocenters. The number of aryl methyl sites for hydroxylation is 1. The van der Waals surface area contributed by atoms with Gasteiger partial charge in [-0.15, -0.1) is 0 Å². The maximum atomic E-state index is 10.1. The first-order valence-electron chi connectivity index (χ1n) is 5.07. The van der Waals surface area contributed by atoms with Gasteiger partial charge < -0.3 is 5.11 Å². The van der Waals surface area contributed by atoms with Gasteiger partial charge in [-0.25, -0.2) is 0 Å². The van der Waals surface area contributed by atoms with Crippen molar-refractivity contribution >= 4 is 15.9 Å². The lowest BCUT2D eigenvalue weighted by molar-refractivity contribution is 0.168. The molecule has 0 spiro atoms. The number of hydrogen-bond donors (Lipinski definition) is 1. The summed E-state index contributed by atoms with van der Waals surface area (Å²) in [6, 6.07) is 9.79. The normalized spacial score (nSPS) is 12.7. The van der Waals surface area contributed by atoms with Crippen molar-refractivity contribution in [2.24, 2.45) is 7.05 Å². The molecule has 84 valence electrons. The monoisotopic (exact) mass is 280 g/mol. The molecular formula is C12H13BrN2O. The molecule has 0 saturated heterocycles. The van der Waals surface area contributed by atoms with Crippen molar-refractivity contribution in [3.63, 3.8) is 0 Å². The van der Waals surface area contributed by atoms with Gasteiger partial charge in [0.1, 0.15) is 0 Å². The molecule has 0 bridgehead atoms. The third kappa shape index (κ3) is 2.51. The molecule has 2 aromatic rings. The van der Waals surface area contributed by atoms with Gasteiger partial charge >= 0.3 is 0 Å². The molecule has 1 heterocycles. The standard InChI is InChI=1S/C12H13BrN2O/c1-15-11(5-6-14-15)12(16)8-9-3-2-4-10(13)7-9/h2-7,12,16H,8H2,1H3. The Labute approximate surface area is 103 Å². The van der Waals surface area contributed by atoms with Crippen molar-refractivity contribution in [1.82, 2.24) is 9.78 Å². The van der Waals surface area contributed by atoms with Crippen LogP contribution >= 0.6 is 15.9 Å². The first kappa shape index (κ1) is 11.4. The van der Waals surface area contributed by atoms with Gasteiger partial charge in [0.25, 0.3) is 0 Å². The van der Waals surface area contributed by atoms with Gasteiger partial charge in [-0.05, 0) is 23.8 Å². The third-order valence-electron chi connectivity index (χ3n) is 2.52. The lowest BCUT2D eigenvalue weighted by atomic mass is 10.1. The Bertz CT molecular complexity index is 481. The Morgan fingerprint density at radius 2 is 2.25 bits per heavy atom. The number of nitrogens with zero attached hydrogens (tertiary/aromatic N) is 2. The minimum absolute atomic E-state index is 0.512. The van der Waals surface area contributed by atoms with Crippen molar-refractivity contribution in [3.05, 3.63) is 52.3 Å². The fourth-order valence-electron chi connectivity index (χ4n) is 1.70. The highest BCUT2D eigenvalue weighted by Gasteiger charge is 2.11. The van der Waals surface area contributed by atoms with E-state index in [1.54, 1.807) is 10.9 Å². The number of benzene rings is 1. The zero-order valence-electron chi connectivity index (χ0n) is 8.97. The molecule has 0 radical (unpaired) electrons. The molecule has 4 heteroatoms. The van der Waals surface area contributed by atoms with Gasteiger partial charge in [0.2, 0.25) is 0 Å². The SMILES string of the molecule is Cn1nccc1C(O)Cc1cccc(Br)c1. The number of hydrogen-bond acceptors (Lipinski definition) is 2. The molecule has 0 saturated carbocycles. The number of aromatic nitrogens is 2. The quantitative estimate of drug-likeness (QED) is 0.938. The maximum absolute atomic E-state index is 10.1. The van der Waals surface area contributed by atoms with E-state index in [9.17, 15) is 5.11 Å². The summed E-state index contributed by atoms with van der Waals surface area (Å²) < 4.78 is 2.73. The molecule has 1 N–H and O–H groups in total. The summed E-state index contributed by atoms with van der Waals surface area (Å²) in [4.78, 5) is 0. The predicted molar refractivity (Wildman–Crippen MR) is 66.0 cm³/mol. The first-order chi connectivity index (χ1) is 7.66. The molecule has 0 amide bonds. The summed E-state index contributed by atoms with van der Waals surface area (Å²) in [6.07, 6.45) is 1.78. The van der Waals surface area contributed by atoms with E-state index in [0.29, 0.717) is 6.42 Å². The van der Waals surface area contributed by atoms with Gasteiger partial charge in [0, 0.05) is 24.1 Å². The van der Waals surface area contributed by atoms with E-state index in [0.717, 1.165) is 15.7 Å². The number of halogens is 1. The Balaban J connectivity index is 2.14. The smallest absolute Gasteiger partial charge is 0.0996 e. The Morgan fingerprint density at radius 1 is 1.44 bits per heavy atom. The van der Waals surface area contributed by atoms with E-state index >= 15 is 0 Å². The van der Waals surface area contributed by atoms with E-state index in [-0.39, 0.29) is 0 Å². The van der Waals surface area contributed by atoms with Crippen LogP contribution in [0.5, 0.6) is 0 Å². The number of aliphatic hydroxyl groups is 1. The number of aliphatic hydroxyl groups excluding tert-OH is 1. The maximum Gasteiger partial charge on any atom is 0.0996 e. The highest BCUT2D eigenvalue weighted by molar-refractivity contribution is 9.10. The van der Waals surface area contributed by atoms with Crippen LogP contribution in [-0.2, 0) is 13.5 Å². The zero-order chi connectivity index (χ0) is 11.5. The van der Waals surface area contributed by atoms with Gasteiger partial charge in [0.15, 0.2) is 0 Å². The zero-order valence-corrected chi connectivity index (χ0v) is 10.6. The van der Waals surface area contributed by atoms with Crippen LogP contribution in [0.25, 0.3) is 0 Å². The summed E-state index contributed by atoms with van der Waals surface area (Å²) in [7, 11) is 1.83. The van der Waals surface area contributed by atoms with Crippen LogP contribution in [0.15, 0.2) is 41.0 Å². The molecule has 0 aliphatic carbocycles. The number of rotatable bonds is 3. The van der Waals surface area contributed by atoms with Crippen LogP contribution in [0.3, 0.4) is 0 Å². The topological polar surface area (TPSA) is 38.0 Å². The highest BCUT2D eigenvalue weighted by atomic mass is 79.9. The summed E-state index contributed by atoms with van der Waals surface area (Å²) >= 11 is 3.42. The van der Waals surface area contributed by atoms with Crippen molar-refractivity contribution in [2.45, 2.75) is 12.5 Å². The molecule has 0 aliphatic rings. The second-order valence-corrected chi connectivity index (χ2v) is 4.65. The van der Waals surface area contributed by atoms with Crippen molar-refractivity contribution in [3.8, 4) is 0 Å². The molecule has 0 aliphatic heterocycles. The van der Waals surface area contributed by atoms with Crippen LogP contribution < -0.4 is 0 Å². The fourth-order valence-corrected chi connectivity index (χ4v) is 2.15. The lowest BCUT2D eigenvalue weighted by Crippen LogP contribution is -2.07. The molecule has 16 heavy (non-hydrogen) atoms. The van der Waals surface area contributed by atoms with E-state index in [4.69, 9.17) is 0 Å². The third-order valence-corrected chi connectivity index (χ3v) is 3.01. The van der Waals surface area contributed by atoms with Crippen LogP contribution in [-0.4, -0.2) is 14.9 Å². The Morgan fingerprint density at radius 3 is 2.88 bits per heavy atom. The minimum atomic E-state index is -0.512. The van der Waals surface area contributed by atoms with E-state index < -0.39 is 6.10 Å². The van der Waals surface area contributed by atoms with Crippen LogP contribution in [0.4, 0.5) is 0 Å². The van der Waals surface area contributed by atoms with Gasteiger partial charge in [-0.1, -0.05) is 28.1 Å². The van der Waals surface area contributed by atoms with Crippen molar-refractivity contribution < 1.29 is 5.11 Å². The predicted octanol–water partition coefficient (Wildman–Crippen LogP) is 2.46. The summed E-state index contributed by atoms with van der Waals surface area (Å²) in [5.41, 5.74) is 1.93. The van der Waals surface area contributed by atoms with Gasteiger partial charge in [-0.3, -0.25) is 4.68 Å². The molecule has 1 aromatic carbocycles. The molecule has 2 rings (SSSR count). The second kappa shape index (κ2) is 4.80. The molecule has 0 fully saturated rings. The van der Waals surface area contributed by atoms with Gasteiger partial charge in [0.05, 0.1) is 11.8 Å². The average Bonchev–Trinajstić information content (AvgIpc) is 2.64. The van der Waals surface area contributed by atoms with Crippen molar-refractivity contribution in [2.75, 3.05) is 0 Å². The molecule has 3 nitrogen and oxygen atoms in total. The van der Waals surface area contributed by atoms with E-state index in [1.807, 2.05) is 37.4 Å². The lowest BCUT2D eigenvalue weighted by Gasteiger charge is -2.11. The van der Waals surface area contributed by atoms with E-state index in [1.165, 1.54) is 0 Å². The van der Waals surface area contributed by atoms with Crippen molar-refractivity contribution in [1.29, 1.82) is 0 Å². The summed E-state index contributed by atoms with van der Waals surface area (Å²) in [5, 5.41) is 14.1. The average molecular weight is 281 g/mol. The molecule has 1 aromatic heterocycles. The van der Waals surface area contributed by atoms with Crippen LogP contribution in [0, 0.1) is 0 Å². The van der Waals surface area contributed by atoms with Crippen LogP contribution in [0.1, 0.15) is 17.4 Å². The molecule has 1 unspecified atom stereocenters. The minimum Gasteiger partial charge on any atom is -0.386 e. The summed E-state index contributed by atoms with van der Waals surface area (Å²) in [5.74, 6) is 0. The Hall–Kier alpha value is -1.13. The second-order valence-electron chi connectivity index (χ2n) is 3.73. The first-order valence-corrected chi connectivity index (χ1v) is 5.86. The van der Waals surface area contributed by atoms with Gasteiger partial charge in [-0.2, -0.15) is 5.10 Å². The largest absolute Gasteiger partial charge is 0.386 e. The van der Waals surface area contributed by atoms with E-state index in [2.05, 4.69) is 21.0 Å². The fraction of sp³-hybridized carbons (Fsp3) is 0.250. The molecular weight excluding hydrogens is 268 g/mol. The Kier molecular flexibility index (Phi) is 3.41. The highest BCUT2D eigenvalue weighted by Crippen LogP contribution is 2.19. The summed E-state index contributed by atoms with van der Waals surface area (Å²) in [6.45, 7) is 0.